The lowest BCUT2D eigenvalue weighted by molar-refractivity contribution is -0.336. The number of aliphatic hydroxyl groups is 7. The number of carbonyl (C=O) groups is 1. The van der Waals surface area contributed by atoms with Crippen LogP contribution in [0.5, 0.6) is 0 Å². The van der Waals surface area contributed by atoms with Gasteiger partial charge in [0.05, 0.1) is 18.2 Å². The lowest BCUT2D eigenvalue weighted by Gasteiger charge is -2.49. The summed E-state index contributed by atoms with van der Waals surface area (Å²) in [6, 6.07) is -1.90. The number of carbonyl (C=O) groups excluding carboxylic acids is 1. The maximum atomic E-state index is 12.4. The predicted molar refractivity (Wildman–Crippen MR) is 130 cm³/mol. The van der Waals surface area contributed by atoms with Crippen LogP contribution in [0.15, 0.2) is 0 Å². The molecule has 17 heteroatoms. The first-order valence-corrected chi connectivity index (χ1v) is 12.8. The first-order valence-electron chi connectivity index (χ1n) is 12.8. The van der Waals surface area contributed by atoms with Crippen LogP contribution in [0, 0.1) is 0 Å². The van der Waals surface area contributed by atoms with Gasteiger partial charge in [-0.1, -0.05) is 0 Å². The molecular weight excluding hydrogens is 526 g/mol. The molecule has 17 nitrogen and oxygen atoms in total. The summed E-state index contributed by atoms with van der Waals surface area (Å²) < 4.78 is 22.7. The van der Waals surface area contributed by atoms with E-state index in [0.29, 0.717) is 0 Å². The minimum absolute atomic E-state index is 0.105. The lowest BCUT2D eigenvalue weighted by atomic mass is 9.85. The van der Waals surface area contributed by atoms with E-state index >= 15 is 0 Å². The molecule has 0 bridgehead atoms. The average Bonchev–Trinajstić information content (AvgIpc) is 2.90. The molecule has 0 aromatic heterocycles. The highest BCUT2D eigenvalue weighted by Gasteiger charge is 2.53. The van der Waals surface area contributed by atoms with Crippen molar-refractivity contribution in [2.45, 2.75) is 111 Å². The smallest absolute Gasteiger partial charge is 0.250 e. The van der Waals surface area contributed by atoms with Gasteiger partial charge in [-0.2, -0.15) is 0 Å². The third-order valence-electron chi connectivity index (χ3n) is 7.65. The summed E-state index contributed by atoms with van der Waals surface area (Å²) in [7, 11) is 1.51. The molecule has 1 amide bonds. The Hall–Kier alpha value is -1.13. The van der Waals surface area contributed by atoms with Crippen molar-refractivity contribution < 1.29 is 59.5 Å². The number of nitrogens with one attached hydrogen (secondary N) is 2. The molecule has 39 heavy (non-hydrogen) atoms. The first kappa shape index (κ1) is 32.4. The van der Waals surface area contributed by atoms with E-state index in [-0.39, 0.29) is 25.9 Å². The van der Waals surface area contributed by atoms with E-state index in [1.807, 2.05) is 0 Å². The van der Waals surface area contributed by atoms with Gasteiger partial charge in [-0.25, -0.2) is 0 Å². The zero-order chi connectivity index (χ0) is 29.2. The molecule has 228 valence electrons. The fourth-order valence-corrected chi connectivity index (χ4v) is 5.16. The van der Waals surface area contributed by atoms with E-state index in [0.717, 1.165) is 0 Å². The molecule has 1 aliphatic carbocycles. The molecule has 2 aliphatic heterocycles. The lowest BCUT2D eigenvalue weighted by Crippen LogP contribution is -2.72. The molecule has 2 saturated heterocycles. The Labute approximate surface area is 225 Å². The summed E-state index contributed by atoms with van der Waals surface area (Å²) in [4.78, 5) is 12.4. The number of hydrogen-bond acceptors (Lipinski definition) is 16. The van der Waals surface area contributed by atoms with Crippen molar-refractivity contribution in [2.24, 2.45) is 17.2 Å². The van der Waals surface area contributed by atoms with Gasteiger partial charge in [0.25, 0.3) is 0 Å². The Balaban J connectivity index is 1.81. The fraction of sp³-hybridized carbons (Fsp3) is 0.955. The normalized spacial score (nSPS) is 47.9. The van der Waals surface area contributed by atoms with Gasteiger partial charge in [-0.3, -0.25) is 4.79 Å². The topological polar surface area (TPSA) is 298 Å². The van der Waals surface area contributed by atoms with Crippen LogP contribution in [-0.2, 0) is 23.7 Å². The highest BCUT2D eigenvalue weighted by molar-refractivity contribution is 5.81. The molecular formula is C22H43N5O12. The molecule has 0 spiro atoms. The largest absolute Gasteiger partial charge is 0.388 e. The first-order chi connectivity index (χ1) is 18.3. The van der Waals surface area contributed by atoms with E-state index in [1.54, 1.807) is 0 Å². The van der Waals surface area contributed by atoms with Crippen LogP contribution in [0.3, 0.4) is 0 Å². The summed E-state index contributed by atoms with van der Waals surface area (Å²) in [6.45, 7) is 0.801. The van der Waals surface area contributed by atoms with Crippen molar-refractivity contribution in [2.75, 3.05) is 20.1 Å². The van der Waals surface area contributed by atoms with Crippen LogP contribution >= 0.6 is 0 Å². The van der Waals surface area contributed by atoms with Gasteiger partial charge in [0, 0.05) is 13.1 Å². The quantitative estimate of drug-likeness (QED) is 0.123. The van der Waals surface area contributed by atoms with Gasteiger partial charge in [-0.15, -0.1) is 0 Å². The van der Waals surface area contributed by atoms with Crippen LogP contribution in [0.1, 0.15) is 19.8 Å². The van der Waals surface area contributed by atoms with Gasteiger partial charge in [-0.05, 0) is 26.8 Å². The monoisotopic (exact) mass is 569 g/mol. The van der Waals surface area contributed by atoms with E-state index in [1.165, 1.54) is 14.0 Å². The Morgan fingerprint density at radius 1 is 1.00 bits per heavy atom. The number of ether oxygens (including phenoxy) is 4. The number of rotatable bonds is 9. The third kappa shape index (κ3) is 6.69. The summed E-state index contributed by atoms with van der Waals surface area (Å²) in [5, 5.41) is 78.6. The molecule has 0 radical (unpaired) electrons. The van der Waals surface area contributed by atoms with Crippen LogP contribution in [0.25, 0.3) is 0 Å². The van der Waals surface area contributed by atoms with Crippen LogP contribution in [-0.4, -0.2) is 153 Å². The molecule has 3 rings (SSSR count). The second kappa shape index (κ2) is 13.2. The van der Waals surface area contributed by atoms with Crippen molar-refractivity contribution >= 4 is 5.91 Å². The minimum Gasteiger partial charge on any atom is -0.388 e. The number of amides is 1. The van der Waals surface area contributed by atoms with Crippen molar-refractivity contribution in [3.8, 4) is 0 Å². The number of likely N-dealkylation sites (N-methyl/N-ethyl adjacent to an activating group) is 1. The summed E-state index contributed by atoms with van der Waals surface area (Å²) in [5.74, 6) is -0.834. The molecule has 1 saturated carbocycles. The van der Waals surface area contributed by atoms with Gasteiger partial charge < -0.3 is 82.5 Å². The molecule has 3 fully saturated rings. The fourth-order valence-electron chi connectivity index (χ4n) is 5.16. The Morgan fingerprint density at radius 2 is 1.64 bits per heavy atom. The van der Waals surface area contributed by atoms with Gasteiger partial charge in [0.2, 0.25) is 5.91 Å². The van der Waals surface area contributed by atoms with Gasteiger partial charge >= 0.3 is 0 Å². The van der Waals surface area contributed by atoms with Crippen LogP contribution in [0.4, 0.5) is 0 Å². The van der Waals surface area contributed by atoms with E-state index < -0.39 is 97.3 Å². The molecule has 15 N–H and O–H groups in total. The zero-order valence-electron chi connectivity index (χ0n) is 21.8. The summed E-state index contributed by atoms with van der Waals surface area (Å²) >= 11 is 0. The highest BCUT2D eigenvalue weighted by Crippen LogP contribution is 2.33. The highest BCUT2D eigenvalue weighted by atomic mass is 16.7. The third-order valence-corrected chi connectivity index (χ3v) is 7.65. The maximum absolute atomic E-state index is 12.4. The molecule has 15 unspecified atom stereocenters. The summed E-state index contributed by atoms with van der Waals surface area (Å²) in [5.41, 5.74) is 15.2. The van der Waals surface area contributed by atoms with Gasteiger partial charge in [0.1, 0.15) is 60.7 Å². The molecule has 15 atom stereocenters. The summed E-state index contributed by atoms with van der Waals surface area (Å²) in [6.07, 6.45) is -16.9. The van der Waals surface area contributed by atoms with E-state index in [9.17, 15) is 40.5 Å². The Bertz CT molecular complexity index is 811. The SMILES string of the molecule is CNC1C(O)C(OC2CCC(NC(=O)C(O)CN)C(OC3OC(CN)C(O)C(O)C3O)C2O)OC(N)C1(C)O. The maximum Gasteiger partial charge on any atom is 0.250 e. The van der Waals surface area contributed by atoms with E-state index in [2.05, 4.69) is 10.6 Å². The Kier molecular flexibility index (Phi) is 11.0. The average molecular weight is 570 g/mol. The molecule has 0 aromatic rings. The van der Waals surface area contributed by atoms with Crippen molar-refractivity contribution in [1.29, 1.82) is 0 Å². The van der Waals surface area contributed by atoms with Crippen molar-refractivity contribution in [1.82, 2.24) is 10.6 Å². The Morgan fingerprint density at radius 3 is 2.23 bits per heavy atom. The minimum atomic E-state index is -1.75. The van der Waals surface area contributed by atoms with Crippen molar-refractivity contribution in [3.05, 3.63) is 0 Å². The standard InChI is InChI=1S/C22H43N5O12/c1-22(35)17(26-2)15(33)20(39-21(22)25)36-9-4-3-7(27-18(34)8(28)5-23)16(12(9)30)38-19-14(32)13(31)11(29)10(6-24)37-19/h7-17,19-21,26,28-33,35H,3-6,23-25H2,1-2H3,(H,27,34). The second-order valence-corrected chi connectivity index (χ2v) is 10.4. The zero-order valence-corrected chi connectivity index (χ0v) is 21.8. The van der Waals surface area contributed by atoms with Crippen molar-refractivity contribution in [3.63, 3.8) is 0 Å². The molecule has 2 heterocycles. The number of hydrogen-bond donors (Lipinski definition) is 12. The van der Waals surface area contributed by atoms with Gasteiger partial charge in [0.15, 0.2) is 12.6 Å². The number of nitrogens with two attached hydrogens (primary N) is 3. The molecule has 3 aliphatic rings. The number of aliphatic hydroxyl groups excluding tert-OH is 6. The molecule has 0 aromatic carbocycles. The predicted octanol–water partition coefficient (Wildman–Crippen LogP) is -7.18. The van der Waals surface area contributed by atoms with Crippen LogP contribution in [0.2, 0.25) is 0 Å². The van der Waals surface area contributed by atoms with Crippen LogP contribution < -0.4 is 27.8 Å². The second-order valence-electron chi connectivity index (χ2n) is 10.4. The van der Waals surface area contributed by atoms with E-state index in [4.69, 9.17) is 36.1 Å².